The molecule has 0 saturated heterocycles. The third-order valence-corrected chi connectivity index (χ3v) is 8.61. The maximum Gasteiger partial charge on any atom is 0.131 e. The number of benzene rings is 4. The molecule has 0 spiro atoms. The summed E-state index contributed by atoms with van der Waals surface area (Å²) in [5.74, 6) is 1.90. The SMILES string of the molecule is CCCC1CCC(c2ccc(C=Cc3ccc(-c4ccc(C[C@H](C)c5ccccc5)cc4)cc3F)cc2)CC1. The van der Waals surface area contributed by atoms with E-state index < -0.39 is 0 Å². The molecule has 0 amide bonds. The van der Waals surface area contributed by atoms with E-state index in [1.807, 2.05) is 24.3 Å². The zero-order valence-corrected chi connectivity index (χ0v) is 23.5. The molecule has 1 fully saturated rings. The van der Waals surface area contributed by atoms with Crippen LogP contribution >= 0.6 is 0 Å². The largest absolute Gasteiger partial charge is 0.206 e. The smallest absolute Gasteiger partial charge is 0.131 e. The quantitative estimate of drug-likeness (QED) is 0.194. The molecule has 0 aliphatic heterocycles. The van der Waals surface area contributed by atoms with Gasteiger partial charge in [0.2, 0.25) is 0 Å². The lowest BCUT2D eigenvalue weighted by molar-refractivity contribution is 0.308. The molecule has 0 heterocycles. The minimum atomic E-state index is -0.189. The van der Waals surface area contributed by atoms with E-state index >= 15 is 4.39 Å². The lowest BCUT2D eigenvalue weighted by atomic mass is 9.77. The summed E-state index contributed by atoms with van der Waals surface area (Å²) >= 11 is 0. The van der Waals surface area contributed by atoms with Crippen LogP contribution in [0.15, 0.2) is 97.1 Å². The van der Waals surface area contributed by atoms with Crippen LogP contribution in [0.2, 0.25) is 0 Å². The van der Waals surface area contributed by atoms with Crippen molar-refractivity contribution in [1.82, 2.24) is 0 Å². The maximum atomic E-state index is 15.0. The Labute approximate surface area is 234 Å². The van der Waals surface area contributed by atoms with E-state index in [1.54, 1.807) is 6.07 Å². The molecule has 4 aromatic carbocycles. The molecule has 0 bridgehead atoms. The minimum Gasteiger partial charge on any atom is -0.206 e. The van der Waals surface area contributed by atoms with E-state index in [0.717, 1.165) is 29.0 Å². The van der Waals surface area contributed by atoms with E-state index in [4.69, 9.17) is 0 Å². The molecule has 1 atom stereocenters. The number of halogens is 1. The highest BCUT2D eigenvalue weighted by atomic mass is 19.1. The molecule has 5 rings (SSSR count). The average Bonchev–Trinajstić information content (AvgIpc) is 2.98. The summed E-state index contributed by atoms with van der Waals surface area (Å²) in [5.41, 5.74) is 7.79. The lowest BCUT2D eigenvalue weighted by Gasteiger charge is -2.28. The van der Waals surface area contributed by atoms with Gasteiger partial charge >= 0.3 is 0 Å². The zero-order valence-electron chi connectivity index (χ0n) is 23.5. The molecular weight excluding hydrogens is 475 g/mol. The van der Waals surface area contributed by atoms with Crippen LogP contribution in [0.5, 0.6) is 0 Å². The van der Waals surface area contributed by atoms with Gasteiger partial charge in [0.1, 0.15) is 5.82 Å². The van der Waals surface area contributed by atoms with E-state index in [2.05, 4.69) is 92.7 Å². The van der Waals surface area contributed by atoms with Gasteiger partial charge in [0, 0.05) is 5.56 Å². The summed E-state index contributed by atoms with van der Waals surface area (Å²) in [5, 5.41) is 0. The van der Waals surface area contributed by atoms with Crippen molar-refractivity contribution in [2.75, 3.05) is 0 Å². The fourth-order valence-electron chi connectivity index (χ4n) is 6.19. The van der Waals surface area contributed by atoms with Crippen LogP contribution < -0.4 is 0 Å². The van der Waals surface area contributed by atoms with Gasteiger partial charge in [0.25, 0.3) is 0 Å². The molecule has 0 N–H and O–H groups in total. The highest BCUT2D eigenvalue weighted by molar-refractivity contribution is 5.72. The van der Waals surface area contributed by atoms with Crippen molar-refractivity contribution in [3.63, 3.8) is 0 Å². The van der Waals surface area contributed by atoms with Crippen molar-refractivity contribution in [3.05, 3.63) is 131 Å². The second-order valence-electron chi connectivity index (χ2n) is 11.5. The summed E-state index contributed by atoms with van der Waals surface area (Å²) in [6.45, 7) is 4.56. The zero-order chi connectivity index (χ0) is 27.0. The first-order chi connectivity index (χ1) is 19.1. The predicted octanol–water partition coefficient (Wildman–Crippen LogP) is 11.1. The molecule has 0 aromatic heterocycles. The highest BCUT2D eigenvalue weighted by Crippen LogP contribution is 2.37. The fraction of sp³-hybridized carbons (Fsp3) is 0.316. The van der Waals surface area contributed by atoms with Crippen LogP contribution in [0.25, 0.3) is 23.3 Å². The van der Waals surface area contributed by atoms with Crippen LogP contribution in [-0.2, 0) is 6.42 Å². The number of hydrogen-bond donors (Lipinski definition) is 0. The molecule has 1 saturated carbocycles. The molecule has 200 valence electrons. The van der Waals surface area contributed by atoms with Crippen molar-refractivity contribution in [2.45, 2.75) is 70.6 Å². The summed E-state index contributed by atoms with van der Waals surface area (Å²) in [4.78, 5) is 0. The summed E-state index contributed by atoms with van der Waals surface area (Å²) in [6.07, 6.45) is 12.9. The van der Waals surface area contributed by atoms with E-state index in [9.17, 15) is 0 Å². The van der Waals surface area contributed by atoms with E-state index in [0.29, 0.717) is 17.4 Å². The molecule has 0 radical (unpaired) electrons. The molecule has 1 heteroatoms. The van der Waals surface area contributed by atoms with E-state index in [-0.39, 0.29) is 5.82 Å². The van der Waals surface area contributed by atoms with Gasteiger partial charge in [-0.15, -0.1) is 0 Å². The Morgan fingerprint density at radius 1 is 0.769 bits per heavy atom. The van der Waals surface area contributed by atoms with Gasteiger partial charge in [-0.2, -0.15) is 0 Å². The third kappa shape index (κ3) is 7.15. The molecule has 1 aliphatic rings. The Bertz CT molecular complexity index is 1340. The molecule has 0 nitrogen and oxygen atoms in total. The van der Waals surface area contributed by atoms with Crippen molar-refractivity contribution in [3.8, 4) is 11.1 Å². The van der Waals surface area contributed by atoms with Gasteiger partial charge in [0.05, 0.1) is 0 Å². The third-order valence-electron chi connectivity index (χ3n) is 8.61. The number of hydrogen-bond acceptors (Lipinski definition) is 0. The normalized spacial score (nSPS) is 18.3. The van der Waals surface area contributed by atoms with Gasteiger partial charge in [-0.25, -0.2) is 4.39 Å². The van der Waals surface area contributed by atoms with Gasteiger partial charge in [-0.3, -0.25) is 0 Å². The highest BCUT2D eigenvalue weighted by Gasteiger charge is 2.21. The summed E-state index contributed by atoms with van der Waals surface area (Å²) in [7, 11) is 0. The van der Waals surface area contributed by atoms with E-state index in [1.165, 1.54) is 55.2 Å². The topological polar surface area (TPSA) is 0 Å². The van der Waals surface area contributed by atoms with Gasteiger partial charge in [0.15, 0.2) is 0 Å². The molecule has 4 aromatic rings. The fourth-order valence-corrected chi connectivity index (χ4v) is 6.19. The lowest BCUT2D eigenvalue weighted by Crippen LogP contribution is -2.13. The Morgan fingerprint density at radius 2 is 1.46 bits per heavy atom. The molecule has 1 aliphatic carbocycles. The van der Waals surface area contributed by atoms with Crippen LogP contribution in [0.3, 0.4) is 0 Å². The van der Waals surface area contributed by atoms with Gasteiger partial charge < -0.3 is 0 Å². The predicted molar refractivity (Wildman–Crippen MR) is 165 cm³/mol. The van der Waals surface area contributed by atoms with Gasteiger partial charge in [-0.05, 0) is 89.3 Å². The Morgan fingerprint density at radius 3 is 2.13 bits per heavy atom. The maximum absolute atomic E-state index is 15.0. The Hall–Kier alpha value is -3.45. The Kier molecular flexibility index (Phi) is 9.09. The second kappa shape index (κ2) is 13.1. The van der Waals surface area contributed by atoms with Crippen molar-refractivity contribution < 1.29 is 4.39 Å². The second-order valence-corrected chi connectivity index (χ2v) is 11.5. The molecule has 0 unspecified atom stereocenters. The molecule has 39 heavy (non-hydrogen) atoms. The number of rotatable bonds is 9. The monoisotopic (exact) mass is 516 g/mol. The first kappa shape index (κ1) is 27.1. The van der Waals surface area contributed by atoms with Crippen LogP contribution in [0, 0.1) is 11.7 Å². The first-order valence-electron chi connectivity index (χ1n) is 14.8. The van der Waals surface area contributed by atoms with Crippen LogP contribution in [0.1, 0.15) is 92.0 Å². The summed E-state index contributed by atoms with van der Waals surface area (Å²) < 4.78 is 15.0. The van der Waals surface area contributed by atoms with Crippen molar-refractivity contribution in [2.24, 2.45) is 5.92 Å². The first-order valence-corrected chi connectivity index (χ1v) is 14.8. The minimum absolute atomic E-state index is 0.189. The Balaban J connectivity index is 1.19. The van der Waals surface area contributed by atoms with Gasteiger partial charge in [-0.1, -0.05) is 130 Å². The van der Waals surface area contributed by atoms with Crippen molar-refractivity contribution in [1.29, 1.82) is 0 Å². The standard InChI is InChI=1S/C38H41F/c1-3-7-29-10-17-33(18-11-29)34-19-12-30(13-20-34)14-23-36-24-25-37(27-38(36)39)35-21-15-31(16-22-35)26-28(2)32-8-5-4-6-9-32/h4-6,8-9,12-16,19-25,27-29,33H,3,7,10-11,17-18,26H2,1-2H3/t28-,29?,33?/m0/s1. The average molecular weight is 517 g/mol. The summed E-state index contributed by atoms with van der Waals surface area (Å²) in [6, 6.07) is 33.6. The van der Waals surface area contributed by atoms with Crippen LogP contribution in [-0.4, -0.2) is 0 Å². The molecular formula is C38H41F. The van der Waals surface area contributed by atoms with Crippen LogP contribution in [0.4, 0.5) is 4.39 Å². The van der Waals surface area contributed by atoms with Crippen molar-refractivity contribution >= 4 is 12.2 Å².